The summed E-state index contributed by atoms with van der Waals surface area (Å²) in [4.78, 5) is 21.8. The summed E-state index contributed by atoms with van der Waals surface area (Å²) in [5.41, 5.74) is 1.34. The summed E-state index contributed by atoms with van der Waals surface area (Å²) in [5, 5.41) is 9.02. The molecular formula is C22H32IN5OS. The summed E-state index contributed by atoms with van der Waals surface area (Å²) in [6, 6.07) is 15.1. The van der Waals surface area contributed by atoms with Crippen LogP contribution in [0, 0.1) is 0 Å². The maximum atomic E-state index is 12.0. The van der Waals surface area contributed by atoms with Crippen LogP contribution < -0.4 is 10.6 Å². The van der Waals surface area contributed by atoms with E-state index in [9.17, 15) is 4.79 Å². The Balaban J connectivity index is 0.00000320. The van der Waals surface area contributed by atoms with Gasteiger partial charge in [0.2, 0.25) is 5.91 Å². The number of likely N-dealkylation sites (tertiary alicyclic amines) is 1. The van der Waals surface area contributed by atoms with Crippen molar-refractivity contribution in [2.75, 3.05) is 33.7 Å². The minimum atomic E-state index is -0.00317. The van der Waals surface area contributed by atoms with Gasteiger partial charge in [0, 0.05) is 38.1 Å². The van der Waals surface area contributed by atoms with Crippen LogP contribution in [0.5, 0.6) is 0 Å². The fourth-order valence-corrected chi connectivity index (χ4v) is 4.02. The van der Waals surface area contributed by atoms with Crippen LogP contribution in [0.4, 0.5) is 0 Å². The van der Waals surface area contributed by atoms with Crippen molar-refractivity contribution >= 4 is 47.2 Å². The lowest BCUT2D eigenvalue weighted by atomic mass is 10.0. The molecule has 2 heterocycles. The van der Waals surface area contributed by atoms with Crippen molar-refractivity contribution in [1.29, 1.82) is 0 Å². The summed E-state index contributed by atoms with van der Waals surface area (Å²) in [5.74, 6) is 0.705. The number of hydrogen-bond donors (Lipinski definition) is 2. The van der Waals surface area contributed by atoms with Crippen LogP contribution in [0.15, 0.2) is 52.8 Å². The van der Waals surface area contributed by atoms with E-state index in [0.29, 0.717) is 18.5 Å². The van der Waals surface area contributed by atoms with E-state index in [1.165, 1.54) is 10.4 Å². The number of carbonyl (C=O) groups excluding carboxylic acids is 1. The van der Waals surface area contributed by atoms with Crippen molar-refractivity contribution in [1.82, 2.24) is 20.4 Å². The molecule has 8 heteroatoms. The number of halogens is 1. The Hall–Kier alpha value is -1.65. The fourth-order valence-electron chi connectivity index (χ4n) is 3.38. The number of benzene rings is 1. The molecule has 1 saturated heterocycles. The maximum Gasteiger partial charge on any atom is 0.243 e. The van der Waals surface area contributed by atoms with E-state index in [1.54, 1.807) is 30.3 Å². The molecule has 1 fully saturated rings. The number of hydrogen-bond acceptors (Lipinski definition) is 4. The number of piperidine rings is 1. The predicted molar refractivity (Wildman–Crippen MR) is 135 cm³/mol. The van der Waals surface area contributed by atoms with E-state index in [2.05, 4.69) is 62.3 Å². The predicted octanol–water partition coefficient (Wildman–Crippen LogP) is 3.15. The van der Waals surface area contributed by atoms with Crippen LogP contribution >= 0.6 is 35.3 Å². The molecule has 0 spiro atoms. The summed E-state index contributed by atoms with van der Waals surface area (Å²) in [7, 11) is 3.51. The molecule has 2 aromatic rings. The minimum absolute atomic E-state index is 0. The van der Waals surface area contributed by atoms with Crippen molar-refractivity contribution in [3.63, 3.8) is 0 Å². The van der Waals surface area contributed by atoms with Crippen LogP contribution in [0.2, 0.25) is 0 Å². The zero-order valence-electron chi connectivity index (χ0n) is 17.7. The standard InChI is InChI=1S/C22H31N5OS.HI/c1-26(2)21(28)15-24-22(23-14-20-11-7-13-29-20)25-19-10-6-12-27(17-19)16-18-8-4-3-5-9-18;/h3-5,7-9,11,13,19H,6,10,12,14-17H2,1-2H3,(H2,23,24,25);1H. The van der Waals surface area contributed by atoms with Crippen molar-refractivity contribution < 1.29 is 4.79 Å². The molecule has 0 aliphatic carbocycles. The summed E-state index contributed by atoms with van der Waals surface area (Å²) < 4.78 is 0. The molecule has 0 saturated carbocycles. The molecule has 1 aliphatic heterocycles. The summed E-state index contributed by atoms with van der Waals surface area (Å²) in [6.45, 7) is 3.90. The summed E-state index contributed by atoms with van der Waals surface area (Å²) >= 11 is 1.71. The van der Waals surface area contributed by atoms with Crippen molar-refractivity contribution in [2.24, 2.45) is 4.99 Å². The SMILES string of the molecule is CN(C)C(=O)CN=C(NCc1cccs1)NC1CCCN(Cc2ccccc2)C1.I. The van der Waals surface area contributed by atoms with Gasteiger partial charge in [0.1, 0.15) is 6.54 Å². The molecule has 1 aromatic heterocycles. The van der Waals surface area contributed by atoms with Gasteiger partial charge < -0.3 is 15.5 Å². The Morgan fingerprint density at radius 2 is 2.03 bits per heavy atom. The Bertz CT molecular complexity index is 782. The maximum absolute atomic E-state index is 12.0. The molecule has 1 aliphatic rings. The van der Waals surface area contributed by atoms with Crippen LogP contribution in [0.3, 0.4) is 0 Å². The van der Waals surface area contributed by atoms with E-state index in [4.69, 9.17) is 0 Å². The number of thiophene rings is 1. The third-order valence-electron chi connectivity index (χ3n) is 4.98. The molecule has 1 amide bonds. The van der Waals surface area contributed by atoms with Crippen LogP contribution in [-0.4, -0.2) is 61.4 Å². The molecule has 2 N–H and O–H groups in total. The van der Waals surface area contributed by atoms with E-state index in [0.717, 1.165) is 32.5 Å². The second-order valence-corrected chi connectivity index (χ2v) is 8.62. The molecule has 164 valence electrons. The largest absolute Gasteiger partial charge is 0.352 e. The number of nitrogens with one attached hydrogen (secondary N) is 2. The molecule has 1 unspecified atom stereocenters. The van der Waals surface area contributed by atoms with E-state index >= 15 is 0 Å². The highest BCUT2D eigenvalue weighted by atomic mass is 127. The van der Waals surface area contributed by atoms with Gasteiger partial charge in [-0.2, -0.15) is 0 Å². The van der Waals surface area contributed by atoms with Gasteiger partial charge in [-0.15, -0.1) is 35.3 Å². The summed E-state index contributed by atoms with van der Waals surface area (Å²) in [6.07, 6.45) is 2.26. The minimum Gasteiger partial charge on any atom is -0.352 e. The lowest BCUT2D eigenvalue weighted by Gasteiger charge is -2.34. The number of nitrogens with zero attached hydrogens (tertiary/aromatic N) is 3. The van der Waals surface area contributed by atoms with Crippen LogP contribution in [0.1, 0.15) is 23.3 Å². The van der Waals surface area contributed by atoms with Crippen LogP contribution in [-0.2, 0) is 17.9 Å². The van der Waals surface area contributed by atoms with Gasteiger partial charge in [0.25, 0.3) is 0 Å². The highest BCUT2D eigenvalue weighted by molar-refractivity contribution is 14.0. The lowest BCUT2D eigenvalue weighted by Crippen LogP contribution is -2.51. The molecule has 1 atom stereocenters. The van der Waals surface area contributed by atoms with E-state index in [-0.39, 0.29) is 36.4 Å². The quantitative estimate of drug-likeness (QED) is 0.321. The average Bonchev–Trinajstić information content (AvgIpc) is 3.24. The van der Waals surface area contributed by atoms with Crippen LogP contribution in [0.25, 0.3) is 0 Å². The van der Waals surface area contributed by atoms with Crippen molar-refractivity contribution in [3.05, 3.63) is 58.3 Å². The first kappa shape index (κ1) is 24.6. The third kappa shape index (κ3) is 8.23. The van der Waals surface area contributed by atoms with Gasteiger partial charge in [-0.1, -0.05) is 36.4 Å². The van der Waals surface area contributed by atoms with E-state index in [1.807, 2.05) is 6.07 Å². The zero-order valence-corrected chi connectivity index (χ0v) is 20.9. The monoisotopic (exact) mass is 541 g/mol. The highest BCUT2D eigenvalue weighted by Crippen LogP contribution is 2.14. The number of aliphatic imine (C=N–C) groups is 1. The van der Waals surface area contributed by atoms with Gasteiger partial charge in [-0.05, 0) is 36.4 Å². The molecule has 6 nitrogen and oxygen atoms in total. The Morgan fingerprint density at radius 1 is 1.23 bits per heavy atom. The zero-order chi connectivity index (χ0) is 20.5. The first-order chi connectivity index (χ1) is 14.1. The second kappa shape index (κ2) is 12.9. The normalized spacial score (nSPS) is 17.1. The molecule has 0 bridgehead atoms. The van der Waals surface area contributed by atoms with Gasteiger partial charge in [-0.3, -0.25) is 9.69 Å². The number of rotatable bonds is 7. The van der Waals surface area contributed by atoms with Gasteiger partial charge in [-0.25, -0.2) is 4.99 Å². The Labute approximate surface area is 200 Å². The smallest absolute Gasteiger partial charge is 0.243 e. The first-order valence-electron chi connectivity index (χ1n) is 10.1. The van der Waals surface area contributed by atoms with E-state index < -0.39 is 0 Å². The van der Waals surface area contributed by atoms with Crippen molar-refractivity contribution in [2.45, 2.75) is 32.0 Å². The average molecular weight is 542 g/mol. The lowest BCUT2D eigenvalue weighted by molar-refractivity contribution is -0.127. The highest BCUT2D eigenvalue weighted by Gasteiger charge is 2.21. The van der Waals surface area contributed by atoms with Gasteiger partial charge in [0.15, 0.2) is 5.96 Å². The first-order valence-corrected chi connectivity index (χ1v) is 11.0. The third-order valence-corrected chi connectivity index (χ3v) is 5.85. The topological polar surface area (TPSA) is 60.0 Å². The number of carbonyl (C=O) groups is 1. The fraction of sp³-hybridized carbons (Fsp3) is 0.455. The number of guanidine groups is 1. The number of amides is 1. The Kier molecular flexibility index (Phi) is 10.6. The van der Waals surface area contributed by atoms with Gasteiger partial charge in [0.05, 0.1) is 6.54 Å². The molecule has 0 radical (unpaired) electrons. The molecule has 3 rings (SSSR count). The Morgan fingerprint density at radius 3 is 2.73 bits per heavy atom. The molecule has 1 aromatic carbocycles. The molecular weight excluding hydrogens is 509 g/mol. The number of likely N-dealkylation sites (N-methyl/N-ethyl adjacent to an activating group) is 1. The molecule has 30 heavy (non-hydrogen) atoms. The van der Waals surface area contributed by atoms with Crippen molar-refractivity contribution in [3.8, 4) is 0 Å². The van der Waals surface area contributed by atoms with Gasteiger partial charge >= 0.3 is 0 Å². The second-order valence-electron chi connectivity index (χ2n) is 7.59.